The van der Waals surface area contributed by atoms with Crippen LogP contribution in [0.1, 0.15) is 86.1 Å². The number of aryl methyl sites for hydroxylation is 2. The number of aromatic nitrogens is 3. The van der Waals surface area contributed by atoms with Crippen LogP contribution in [0.2, 0.25) is 0 Å². The predicted molar refractivity (Wildman–Crippen MR) is 458 cm³/mol. The summed E-state index contributed by atoms with van der Waals surface area (Å²) in [5.41, 5.74) is 37.9. The van der Waals surface area contributed by atoms with Gasteiger partial charge in [-0.3, -0.25) is 0 Å². The number of rotatable bonds is 6. The van der Waals surface area contributed by atoms with Crippen molar-refractivity contribution in [3.63, 3.8) is 0 Å². The summed E-state index contributed by atoms with van der Waals surface area (Å²) < 4.78 is 7.24. The van der Waals surface area contributed by atoms with Gasteiger partial charge < -0.3 is 13.7 Å². The molecule has 0 radical (unpaired) electrons. The Morgan fingerprint density at radius 2 is 0.491 bits per heavy atom. The van der Waals surface area contributed by atoms with Crippen LogP contribution in [0, 0.1) is 13.8 Å². The maximum absolute atomic E-state index is 2.43. The van der Waals surface area contributed by atoms with Crippen molar-refractivity contribution < 1.29 is 0 Å². The van der Waals surface area contributed by atoms with E-state index < -0.39 is 0 Å². The highest BCUT2D eigenvalue weighted by atomic mass is 15.0. The summed E-state index contributed by atoms with van der Waals surface area (Å²) in [5, 5.41) is 10.3. The third kappa shape index (κ3) is 10.2. The van der Waals surface area contributed by atoms with Crippen LogP contribution < -0.4 is 0 Å². The summed E-state index contributed by atoms with van der Waals surface area (Å²) in [5.74, 6) is 0. The van der Waals surface area contributed by atoms with Crippen molar-refractivity contribution in [2.75, 3.05) is 0 Å². The van der Waals surface area contributed by atoms with Gasteiger partial charge in [0.2, 0.25) is 0 Å². The molecule has 0 fully saturated rings. The zero-order valence-electron chi connectivity index (χ0n) is 62.3. The standard InChI is InChI=1S/C37H27N.C35H29N.C33H25N/c1-37(2)33-13-7-5-11-29(33)32-22-26(17-20-34(32)37)27-16-19-31-30-12-6-8-14-35(30)38(36(31)23-27)28-18-15-24-9-3-4-10-25(24)21-28;1-22-17-23(2)19-26(18-22)36-33-12-8-6-10-28(33)29-15-13-25(21-34(29)36)24-14-16-32-30(20-24)27-9-5-7-11-31(27)35(32,3)4;1-33(2)29-14-8-6-12-25(29)28-20-22(17-19-30(28)33)23-16-18-27-26-13-7-9-15-31(26)34(32(27)21-23)24-10-4-3-5-11-24/h3-23H,1-2H3;5-21H,1-4H3;3-21H,1-2H3. The lowest BCUT2D eigenvalue weighted by molar-refractivity contribution is 0.660. The summed E-state index contributed by atoms with van der Waals surface area (Å²) in [6.45, 7) is 18.4. The highest BCUT2D eigenvalue weighted by Crippen LogP contribution is 2.53. The molecule has 0 bridgehead atoms. The van der Waals surface area contributed by atoms with Gasteiger partial charge in [0.05, 0.1) is 33.1 Å². The van der Waals surface area contributed by atoms with E-state index in [1.54, 1.807) is 0 Å². The summed E-state index contributed by atoms with van der Waals surface area (Å²) in [7, 11) is 0. The number of hydrogen-bond acceptors (Lipinski definition) is 0. The van der Waals surface area contributed by atoms with Crippen molar-refractivity contribution in [1.29, 1.82) is 0 Å². The van der Waals surface area contributed by atoms with Gasteiger partial charge in [0.1, 0.15) is 0 Å². The molecule has 0 spiro atoms. The zero-order valence-corrected chi connectivity index (χ0v) is 62.3. The molecule has 19 aromatic rings. The Morgan fingerprint density at radius 3 is 0.907 bits per heavy atom. The highest BCUT2D eigenvalue weighted by Gasteiger charge is 2.38. The first-order valence-corrected chi connectivity index (χ1v) is 38.1. The van der Waals surface area contributed by atoms with Crippen LogP contribution in [-0.4, -0.2) is 13.7 Å². The molecule has 0 saturated carbocycles. The summed E-state index contributed by atoms with van der Waals surface area (Å²) in [6.07, 6.45) is 0. The molecule has 3 heterocycles. The van der Waals surface area contributed by atoms with Crippen molar-refractivity contribution in [3.8, 4) is 83.8 Å². The van der Waals surface area contributed by atoms with E-state index in [2.05, 4.69) is 415 Å². The lowest BCUT2D eigenvalue weighted by atomic mass is 9.82. The second-order valence-corrected chi connectivity index (χ2v) is 31.8. The average Bonchev–Trinajstić information content (AvgIpc) is 1.59. The van der Waals surface area contributed by atoms with E-state index in [0.29, 0.717) is 0 Å². The van der Waals surface area contributed by atoms with Gasteiger partial charge in [0.15, 0.2) is 0 Å². The van der Waals surface area contributed by atoms with E-state index in [0.717, 1.165) is 0 Å². The monoisotopic (exact) mass is 1380 g/mol. The number of nitrogens with zero attached hydrogens (tertiary/aromatic N) is 3. The van der Waals surface area contributed by atoms with Gasteiger partial charge in [-0.25, -0.2) is 0 Å². The molecule has 3 aromatic heterocycles. The Labute approximate surface area is 631 Å². The van der Waals surface area contributed by atoms with Crippen LogP contribution in [0.25, 0.3) is 160 Å². The molecule has 0 atom stereocenters. The lowest BCUT2D eigenvalue weighted by Crippen LogP contribution is -2.14. The summed E-state index contributed by atoms with van der Waals surface area (Å²) in [6, 6.07) is 128. The maximum atomic E-state index is 2.43. The number of fused-ring (bicyclic) bond motifs is 19. The van der Waals surface area contributed by atoms with Crippen LogP contribution in [0.3, 0.4) is 0 Å². The summed E-state index contributed by atoms with van der Waals surface area (Å²) >= 11 is 0. The van der Waals surface area contributed by atoms with Crippen molar-refractivity contribution in [3.05, 3.63) is 390 Å². The van der Waals surface area contributed by atoms with Gasteiger partial charge in [-0.2, -0.15) is 0 Å². The van der Waals surface area contributed by atoms with E-state index in [-0.39, 0.29) is 16.2 Å². The predicted octanol–water partition coefficient (Wildman–Crippen LogP) is 28.0. The number of hydrogen-bond donors (Lipinski definition) is 0. The first kappa shape index (κ1) is 64.8. The third-order valence-electron chi connectivity index (χ3n) is 24.2. The largest absolute Gasteiger partial charge is 0.309 e. The van der Waals surface area contributed by atoms with Crippen LogP contribution >= 0.6 is 0 Å². The number of para-hydroxylation sites is 4. The van der Waals surface area contributed by atoms with E-state index in [9.17, 15) is 0 Å². The minimum absolute atomic E-state index is 0.0247. The summed E-state index contributed by atoms with van der Waals surface area (Å²) in [4.78, 5) is 0. The molecular weight excluding hydrogens is 1300 g/mol. The van der Waals surface area contributed by atoms with Crippen LogP contribution in [0.4, 0.5) is 0 Å². The van der Waals surface area contributed by atoms with Gasteiger partial charge in [0.25, 0.3) is 0 Å². The van der Waals surface area contributed by atoms with Crippen molar-refractivity contribution in [2.24, 2.45) is 0 Å². The van der Waals surface area contributed by atoms with Gasteiger partial charge in [-0.1, -0.05) is 296 Å². The van der Waals surface area contributed by atoms with Crippen LogP contribution in [0.5, 0.6) is 0 Å². The molecule has 0 amide bonds. The van der Waals surface area contributed by atoms with Crippen molar-refractivity contribution in [1.82, 2.24) is 13.7 Å². The van der Waals surface area contributed by atoms with Gasteiger partial charge in [-0.15, -0.1) is 0 Å². The Kier molecular flexibility index (Phi) is 14.8. The molecule has 3 nitrogen and oxygen atoms in total. The minimum atomic E-state index is 0.0247. The first-order valence-electron chi connectivity index (χ1n) is 38.1. The van der Waals surface area contributed by atoms with E-state index in [4.69, 9.17) is 0 Å². The smallest absolute Gasteiger partial charge is 0.0547 e. The second-order valence-electron chi connectivity index (χ2n) is 31.8. The van der Waals surface area contributed by atoms with E-state index in [1.807, 2.05) is 0 Å². The normalized spacial score (nSPS) is 13.8. The first-order chi connectivity index (χ1) is 52.6. The van der Waals surface area contributed by atoms with Gasteiger partial charge in [0, 0.05) is 65.6 Å². The fourth-order valence-corrected chi connectivity index (χ4v) is 19.0. The van der Waals surface area contributed by atoms with E-state index >= 15 is 0 Å². The minimum Gasteiger partial charge on any atom is -0.309 e. The fraction of sp³-hybridized carbons (Fsp3) is 0.105. The molecule has 22 rings (SSSR count). The fourth-order valence-electron chi connectivity index (χ4n) is 19.0. The Balaban J connectivity index is 0.000000107. The topological polar surface area (TPSA) is 14.8 Å². The number of benzene rings is 16. The van der Waals surface area contributed by atoms with Gasteiger partial charge in [-0.05, 0) is 227 Å². The molecule has 3 aliphatic carbocycles. The highest BCUT2D eigenvalue weighted by molar-refractivity contribution is 6.13. The molecule has 0 aliphatic heterocycles. The van der Waals surface area contributed by atoms with Gasteiger partial charge >= 0.3 is 0 Å². The molecule has 3 heteroatoms. The molecule has 3 aliphatic rings. The molecule has 0 saturated heterocycles. The molecule has 0 unspecified atom stereocenters. The van der Waals surface area contributed by atoms with Crippen LogP contribution in [-0.2, 0) is 16.2 Å². The second kappa shape index (κ2) is 24.6. The maximum Gasteiger partial charge on any atom is 0.0547 e. The lowest BCUT2D eigenvalue weighted by Gasteiger charge is -2.21. The van der Waals surface area contributed by atoms with Crippen molar-refractivity contribution >= 4 is 76.2 Å². The molecule has 516 valence electrons. The zero-order chi connectivity index (χ0) is 72.9. The Morgan fingerprint density at radius 1 is 0.185 bits per heavy atom. The molecule has 108 heavy (non-hydrogen) atoms. The Bertz CT molecular complexity index is 6900. The quantitative estimate of drug-likeness (QED) is 0.158. The van der Waals surface area contributed by atoms with Crippen LogP contribution in [0.15, 0.2) is 346 Å². The molecule has 16 aromatic carbocycles. The molecule has 0 N–H and O–H groups in total. The van der Waals surface area contributed by atoms with E-state index in [1.165, 1.54) is 205 Å². The Hall–Kier alpha value is -12.8. The van der Waals surface area contributed by atoms with Crippen molar-refractivity contribution in [2.45, 2.75) is 71.6 Å². The molecular formula is C105H81N3. The average molecular weight is 1380 g/mol. The third-order valence-corrected chi connectivity index (χ3v) is 24.2. The SMILES string of the molecule is CC1(C)c2ccccc2-c2cc(-c3ccc4c5ccccc5n(-c5ccc6ccccc6c5)c4c3)ccc21.CC1(C)c2ccccc2-c2cc(-c3ccc4c5ccccc5n(-c5ccccc5)c4c3)ccc21.Cc1cc(C)cc(-n2c3ccccc3c3ccc(-c4ccc5c(c4)-c4ccccc4C5(C)C)cc32)c1.